The Morgan fingerprint density at radius 1 is 1.03 bits per heavy atom. The molecule has 0 radical (unpaired) electrons. The van der Waals surface area contributed by atoms with Gasteiger partial charge in [0.1, 0.15) is 5.82 Å². The third-order valence-corrected chi connectivity index (χ3v) is 7.86. The summed E-state index contributed by atoms with van der Waals surface area (Å²) in [6.45, 7) is 0. The number of hydrogen-bond acceptors (Lipinski definition) is 5. The Balaban J connectivity index is 1.18. The number of aromatic nitrogens is 1. The summed E-state index contributed by atoms with van der Waals surface area (Å²) in [6, 6.07) is 6.84. The summed E-state index contributed by atoms with van der Waals surface area (Å²) in [7, 11) is 0. The average Bonchev–Trinajstić information content (AvgIpc) is 3.64. The quantitative estimate of drug-likeness (QED) is 0.637. The second-order valence-corrected chi connectivity index (χ2v) is 10.2. The Hall–Kier alpha value is -2.88. The zero-order chi connectivity index (χ0) is 22.8. The minimum Gasteiger partial charge on any atom is -0.387 e. The Labute approximate surface area is 195 Å². The van der Waals surface area contributed by atoms with Gasteiger partial charge in [-0.25, -0.2) is 4.98 Å². The van der Waals surface area contributed by atoms with E-state index in [9.17, 15) is 9.59 Å². The number of fused-ring (bicyclic) bond motifs is 1. The first-order valence-corrected chi connectivity index (χ1v) is 12.5. The van der Waals surface area contributed by atoms with E-state index in [1.807, 2.05) is 12.1 Å². The van der Waals surface area contributed by atoms with E-state index in [1.54, 1.807) is 6.20 Å². The molecule has 3 fully saturated rings. The van der Waals surface area contributed by atoms with Crippen molar-refractivity contribution in [3.63, 3.8) is 0 Å². The molecule has 7 heteroatoms. The molecule has 3 saturated carbocycles. The predicted molar refractivity (Wildman–Crippen MR) is 125 cm³/mol. The van der Waals surface area contributed by atoms with E-state index in [-0.39, 0.29) is 35.6 Å². The van der Waals surface area contributed by atoms with E-state index in [0.29, 0.717) is 17.8 Å². The Morgan fingerprint density at radius 2 is 1.79 bits per heavy atom. The lowest BCUT2D eigenvalue weighted by atomic mass is 9.82. The van der Waals surface area contributed by atoms with Gasteiger partial charge in [-0.1, -0.05) is 6.42 Å². The summed E-state index contributed by atoms with van der Waals surface area (Å²) >= 11 is 0. The standard InChI is InChI=1S/C26H33N5O2/c27-14-16-4-6-17(7-5-16)25(32)30-20-2-1-3-21-22(15-29-23(21)13-20)19-10-11-28-24(12-19)31-26(33)18-8-9-18/h10-12,15-18,20-21,23,29H,1-9,13H2,(H,30,32)(H,28,31,33). The summed E-state index contributed by atoms with van der Waals surface area (Å²) in [6.07, 6.45) is 13.2. The first-order chi connectivity index (χ1) is 16.1. The molecule has 3 atom stereocenters. The first kappa shape index (κ1) is 21.9. The first-order valence-electron chi connectivity index (χ1n) is 12.5. The molecule has 174 valence electrons. The van der Waals surface area contributed by atoms with Crippen LogP contribution in [0.2, 0.25) is 0 Å². The van der Waals surface area contributed by atoms with Crippen molar-refractivity contribution in [1.82, 2.24) is 15.6 Å². The Morgan fingerprint density at radius 3 is 2.55 bits per heavy atom. The summed E-state index contributed by atoms with van der Waals surface area (Å²) < 4.78 is 0. The summed E-state index contributed by atoms with van der Waals surface area (Å²) in [4.78, 5) is 29.3. The molecule has 4 aliphatic rings. The van der Waals surface area contributed by atoms with Crippen LogP contribution in [0.3, 0.4) is 0 Å². The highest BCUT2D eigenvalue weighted by molar-refractivity contribution is 5.93. The molecular formula is C26H33N5O2. The molecule has 2 heterocycles. The van der Waals surface area contributed by atoms with Gasteiger partial charge < -0.3 is 16.0 Å². The lowest BCUT2D eigenvalue weighted by Crippen LogP contribution is -2.42. The minimum atomic E-state index is 0.0555. The number of hydrogen-bond donors (Lipinski definition) is 3. The molecule has 2 amide bonds. The Bertz CT molecular complexity index is 971. The molecule has 5 rings (SSSR count). The van der Waals surface area contributed by atoms with Crippen LogP contribution in [0.5, 0.6) is 0 Å². The van der Waals surface area contributed by atoms with Gasteiger partial charge in [0.25, 0.3) is 0 Å². The molecule has 1 aliphatic heterocycles. The zero-order valence-corrected chi connectivity index (χ0v) is 19.1. The normalized spacial score (nSPS) is 31.2. The fourth-order valence-electron chi connectivity index (χ4n) is 5.72. The van der Waals surface area contributed by atoms with Crippen molar-refractivity contribution < 1.29 is 9.59 Å². The number of pyridine rings is 1. The van der Waals surface area contributed by atoms with Gasteiger partial charge in [0.15, 0.2) is 0 Å². The number of carbonyl (C=O) groups excluding carboxylic acids is 2. The van der Waals surface area contributed by atoms with Gasteiger partial charge in [-0.2, -0.15) is 5.26 Å². The van der Waals surface area contributed by atoms with Gasteiger partial charge in [0.2, 0.25) is 11.8 Å². The molecule has 0 aromatic carbocycles. The van der Waals surface area contributed by atoms with Gasteiger partial charge in [-0.05, 0) is 81.1 Å². The topological polar surface area (TPSA) is 107 Å². The number of nitriles is 1. The van der Waals surface area contributed by atoms with E-state index in [1.165, 1.54) is 5.57 Å². The fraction of sp³-hybridized carbons (Fsp3) is 0.615. The zero-order valence-electron chi connectivity index (χ0n) is 19.1. The second-order valence-electron chi connectivity index (χ2n) is 10.2. The number of nitrogens with zero attached hydrogens (tertiary/aromatic N) is 2. The highest BCUT2D eigenvalue weighted by atomic mass is 16.2. The molecule has 3 unspecified atom stereocenters. The molecule has 0 bridgehead atoms. The SMILES string of the molecule is N#CC1CCC(C(=O)NC2CCCC3C(c4ccnc(NC(=O)C5CC5)c4)=CNC3C2)CC1. The summed E-state index contributed by atoms with van der Waals surface area (Å²) in [5.74, 6) is 1.60. The van der Waals surface area contributed by atoms with Crippen molar-refractivity contribution in [3.8, 4) is 6.07 Å². The number of rotatable bonds is 5. The third kappa shape index (κ3) is 5.05. The number of carbonyl (C=O) groups is 2. The van der Waals surface area contributed by atoms with Crippen LogP contribution in [-0.4, -0.2) is 28.9 Å². The second kappa shape index (κ2) is 9.54. The maximum Gasteiger partial charge on any atom is 0.228 e. The van der Waals surface area contributed by atoms with Crippen molar-refractivity contribution in [2.24, 2.45) is 23.7 Å². The van der Waals surface area contributed by atoms with Crippen LogP contribution in [0.25, 0.3) is 5.57 Å². The molecule has 0 saturated heterocycles. The lowest BCUT2D eigenvalue weighted by molar-refractivity contribution is -0.127. The maximum absolute atomic E-state index is 12.9. The largest absolute Gasteiger partial charge is 0.387 e. The van der Waals surface area contributed by atoms with E-state index >= 15 is 0 Å². The van der Waals surface area contributed by atoms with Gasteiger partial charge in [0, 0.05) is 48.2 Å². The molecule has 3 N–H and O–H groups in total. The highest BCUT2D eigenvalue weighted by Crippen LogP contribution is 2.39. The van der Waals surface area contributed by atoms with E-state index in [2.05, 4.69) is 33.2 Å². The molecule has 1 aromatic heterocycles. The van der Waals surface area contributed by atoms with Crippen molar-refractivity contribution in [2.45, 2.75) is 76.3 Å². The van der Waals surface area contributed by atoms with E-state index in [4.69, 9.17) is 5.26 Å². The third-order valence-electron chi connectivity index (χ3n) is 7.86. The van der Waals surface area contributed by atoms with E-state index < -0.39 is 0 Å². The average molecular weight is 448 g/mol. The smallest absolute Gasteiger partial charge is 0.228 e. The van der Waals surface area contributed by atoms with Crippen LogP contribution in [-0.2, 0) is 9.59 Å². The van der Waals surface area contributed by atoms with E-state index in [0.717, 1.165) is 69.8 Å². The fourth-order valence-corrected chi connectivity index (χ4v) is 5.72. The molecule has 7 nitrogen and oxygen atoms in total. The Kier molecular flexibility index (Phi) is 6.34. The summed E-state index contributed by atoms with van der Waals surface area (Å²) in [5.41, 5.74) is 2.37. The van der Waals surface area contributed by atoms with Crippen LogP contribution in [0.15, 0.2) is 24.5 Å². The molecule has 3 aliphatic carbocycles. The molecule has 33 heavy (non-hydrogen) atoms. The molecular weight excluding hydrogens is 414 g/mol. The number of anilines is 1. The van der Waals surface area contributed by atoms with Crippen LogP contribution in [0.1, 0.15) is 69.8 Å². The van der Waals surface area contributed by atoms with Crippen LogP contribution < -0.4 is 16.0 Å². The minimum absolute atomic E-state index is 0.0555. The molecule has 0 spiro atoms. The van der Waals surface area contributed by atoms with Crippen LogP contribution in [0, 0.1) is 35.0 Å². The van der Waals surface area contributed by atoms with Gasteiger partial charge in [0.05, 0.1) is 6.07 Å². The highest BCUT2D eigenvalue weighted by Gasteiger charge is 2.36. The van der Waals surface area contributed by atoms with Crippen molar-refractivity contribution in [3.05, 3.63) is 30.1 Å². The van der Waals surface area contributed by atoms with Crippen molar-refractivity contribution in [1.29, 1.82) is 5.26 Å². The van der Waals surface area contributed by atoms with Gasteiger partial charge in [-0.15, -0.1) is 0 Å². The van der Waals surface area contributed by atoms with Crippen molar-refractivity contribution >= 4 is 23.2 Å². The number of nitrogens with one attached hydrogen (secondary N) is 3. The number of amides is 2. The summed E-state index contributed by atoms with van der Waals surface area (Å²) in [5, 5.41) is 19.0. The monoisotopic (exact) mass is 447 g/mol. The van der Waals surface area contributed by atoms with Gasteiger partial charge in [-0.3, -0.25) is 9.59 Å². The lowest BCUT2D eigenvalue weighted by Gasteiger charge is -2.27. The maximum atomic E-state index is 12.9. The van der Waals surface area contributed by atoms with Crippen LogP contribution in [0.4, 0.5) is 5.82 Å². The van der Waals surface area contributed by atoms with Gasteiger partial charge >= 0.3 is 0 Å². The molecule has 1 aromatic rings. The van der Waals surface area contributed by atoms with Crippen LogP contribution >= 0.6 is 0 Å². The van der Waals surface area contributed by atoms with Crippen molar-refractivity contribution in [2.75, 3.05) is 5.32 Å². The predicted octanol–water partition coefficient (Wildman–Crippen LogP) is 3.75.